The number of hydrogen-bond acceptors (Lipinski definition) is 7. The van der Waals surface area contributed by atoms with Crippen molar-refractivity contribution in [3.8, 4) is 11.4 Å². The highest BCUT2D eigenvalue weighted by Crippen LogP contribution is 2.45. The number of aryl methyl sites for hydroxylation is 1. The van der Waals surface area contributed by atoms with Crippen LogP contribution in [-0.4, -0.2) is 44.6 Å². The first kappa shape index (κ1) is 25.0. The van der Waals surface area contributed by atoms with Crippen LogP contribution >= 0.6 is 0 Å². The fourth-order valence-corrected chi connectivity index (χ4v) is 5.38. The molecule has 3 aliphatic rings. The van der Waals surface area contributed by atoms with E-state index in [1.165, 1.54) is 6.07 Å². The topological polar surface area (TPSA) is 122 Å². The number of aromatic nitrogens is 2. The molecule has 0 amide bonds. The van der Waals surface area contributed by atoms with Gasteiger partial charge in [-0.15, -0.1) is 0 Å². The summed E-state index contributed by atoms with van der Waals surface area (Å²) in [5.41, 5.74) is 4.89. The van der Waals surface area contributed by atoms with Gasteiger partial charge in [0.2, 0.25) is 0 Å². The zero-order valence-corrected chi connectivity index (χ0v) is 20.2. The summed E-state index contributed by atoms with van der Waals surface area (Å²) in [7, 11) is 1.00. The molecular formula is C26H29FN2O6. The molecule has 186 valence electrons. The highest BCUT2D eigenvalue weighted by Gasteiger charge is 2.37. The molecule has 2 atom stereocenters. The van der Waals surface area contributed by atoms with Crippen LogP contribution in [0.25, 0.3) is 22.3 Å². The molecule has 8 nitrogen and oxygen atoms in total. The van der Waals surface area contributed by atoms with Gasteiger partial charge in [-0.2, -0.15) is 0 Å². The van der Waals surface area contributed by atoms with Gasteiger partial charge in [-0.25, -0.2) is 14.2 Å². The van der Waals surface area contributed by atoms with Crippen molar-refractivity contribution in [1.82, 2.24) is 9.55 Å². The Morgan fingerprint density at radius 2 is 1.89 bits per heavy atom. The zero-order valence-electron chi connectivity index (χ0n) is 20.2. The lowest BCUT2D eigenvalue weighted by Crippen LogP contribution is -2.32. The minimum atomic E-state index is -1.53. The summed E-state index contributed by atoms with van der Waals surface area (Å²) < 4.78 is 21.1. The minimum absolute atomic E-state index is 0.0514. The summed E-state index contributed by atoms with van der Waals surface area (Å²) in [6, 6.07) is 3.02. The number of aliphatic hydroxyl groups is 3. The van der Waals surface area contributed by atoms with Gasteiger partial charge in [0.05, 0.1) is 29.0 Å². The molecule has 4 heterocycles. The number of esters is 1. The van der Waals surface area contributed by atoms with Crippen LogP contribution in [0, 0.1) is 12.7 Å². The summed E-state index contributed by atoms with van der Waals surface area (Å²) in [5.74, 6) is -1.26. The molecule has 0 spiro atoms. The number of cyclic esters (lactones) is 1. The molecule has 1 unspecified atom stereocenters. The van der Waals surface area contributed by atoms with E-state index in [1.54, 1.807) is 17.6 Å². The molecule has 0 saturated carbocycles. The van der Waals surface area contributed by atoms with Crippen LogP contribution in [0.4, 0.5) is 4.39 Å². The number of hydrogen-bond donors (Lipinski definition) is 3. The lowest BCUT2D eigenvalue weighted by molar-refractivity contribution is -0.157. The van der Waals surface area contributed by atoms with E-state index < -0.39 is 12.1 Å². The normalized spacial score (nSPS) is 18.9. The summed E-state index contributed by atoms with van der Waals surface area (Å²) in [6.07, 6.45) is -0.185. The largest absolute Gasteiger partial charge is 0.458 e. The first-order valence-electron chi connectivity index (χ1n) is 11.7. The number of benzene rings is 1. The van der Waals surface area contributed by atoms with Gasteiger partial charge in [-0.05, 0) is 42.5 Å². The third-order valence-electron chi connectivity index (χ3n) is 6.99. The fourth-order valence-electron chi connectivity index (χ4n) is 5.38. The van der Waals surface area contributed by atoms with E-state index in [-0.39, 0.29) is 48.2 Å². The van der Waals surface area contributed by atoms with Crippen LogP contribution in [0.2, 0.25) is 0 Å². The molecule has 6 rings (SSSR count). The molecule has 1 aromatic carbocycles. The van der Waals surface area contributed by atoms with E-state index in [9.17, 15) is 24.2 Å². The average Bonchev–Trinajstić information content (AvgIpc) is 3.26. The Hall–Kier alpha value is -3.14. The summed E-state index contributed by atoms with van der Waals surface area (Å²) in [5, 5.41) is 28.2. The van der Waals surface area contributed by atoms with Gasteiger partial charge in [-0.1, -0.05) is 13.8 Å². The zero-order chi connectivity index (χ0) is 25.6. The van der Waals surface area contributed by atoms with E-state index in [0.29, 0.717) is 35.3 Å². The lowest BCUT2D eigenvalue weighted by atomic mass is 9.78. The molecule has 2 aliphatic heterocycles. The van der Waals surface area contributed by atoms with E-state index in [0.717, 1.165) is 29.2 Å². The van der Waals surface area contributed by atoms with Gasteiger partial charge >= 0.3 is 5.97 Å². The van der Waals surface area contributed by atoms with Gasteiger partial charge in [0.15, 0.2) is 6.10 Å². The average molecular weight is 485 g/mol. The number of aliphatic hydroxyl groups excluding tert-OH is 3. The molecular weight excluding hydrogens is 455 g/mol. The molecule has 9 heteroatoms. The summed E-state index contributed by atoms with van der Waals surface area (Å²) >= 11 is 0. The number of ether oxygens (including phenoxy) is 1. The van der Waals surface area contributed by atoms with Crippen LogP contribution in [0.1, 0.15) is 65.7 Å². The Morgan fingerprint density at radius 3 is 2.57 bits per heavy atom. The number of rotatable bonds is 1. The number of halogens is 1. The third kappa shape index (κ3) is 3.57. The quantitative estimate of drug-likeness (QED) is 0.355. The molecule has 0 bridgehead atoms. The molecule has 0 radical (unpaired) electrons. The van der Waals surface area contributed by atoms with Crippen LogP contribution in [0.3, 0.4) is 0 Å². The van der Waals surface area contributed by atoms with Crippen molar-refractivity contribution in [2.75, 3.05) is 13.7 Å². The first-order valence-corrected chi connectivity index (χ1v) is 11.7. The van der Waals surface area contributed by atoms with Crippen molar-refractivity contribution in [3.05, 3.63) is 61.7 Å². The van der Waals surface area contributed by atoms with Gasteiger partial charge in [-0.3, -0.25) is 4.79 Å². The second kappa shape index (κ2) is 9.49. The highest BCUT2D eigenvalue weighted by molar-refractivity contribution is 5.93. The smallest absolute Gasteiger partial charge is 0.340 e. The Balaban J connectivity index is 0.000000689. The maximum Gasteiger partial charge on any atom is 0.340 e. The Labute approximate surface area is 201 Å². The number of nitrogens with zero attached hydrogens (tertiary/aromatic N) is 2. The Morgan fingerprint density at radius 1 is 1.17 bits per heavy atom. The molecule has 0 saturated heterocycles. The van der Waals surface area contributed by atoms with Crippen LogP contribution in [-0.2, 0) is 29.1 Å². The van der Waals surface area contributed by atoms with Gasteiger partial charge in [0.1, 0.15) is 12.4 Å². The molecule has 0 fully saturated rings. The summed E-state index contributed by atoms with van der Waals surface area (Å²) in [6.45, 7) is 5.79. The Bertz CT molecular complexity index is 1400. The second-order valence-corrected chi connectivity index (χ2v) is 8.49. The molecule has 3 N–H and O–H groups in total. The van der Waals surface area contributed by atoms with Crippen molar-refractivity contribution in [1.29, 1.82) is 0 Å². The van der Waals surface area contributed by atoms with Crippen molar-refractivity contribution >= 4 is 16.9 Å². The Kier molecular flexibility index (Phi) is 6.77. The highest BCUT2D eigenvalue weighted by atomic mass is 19.1. The monoisotopic (exact) mass is 484 g/mol. The lowest BCUT2D eigenvalue weighted by Gasteiger charge is -2.28. The molecule has 35 heavy (non-hydrogen) atoms. The van der Waals surface area contributed by atoms with Gasteiger partial charge < -0.3 is 24.6 Å². The van der Waals surface area contributed by atoms with Crippen molar-refractivity contribution in [3.63, 3.8) is 0 Å². The predicted octanol–water partition coefficient (Wildman–Crippen LogP) is 2.62. The van der Waals surface area contributed by atoms with Crippen LogP contribution < -0.4 is 5.56 Å². The molecule has 1 aliphatic carbocycles. The van der Waals surface area contributed by atoms with E-state index >= 15 is 0 Å². The second-order valence-electron chi connectivity index (χ2n) is 8.49. The fraction of sp³-hybridized carbons (Fsp3) is 0.423. The molecule has 3 aromatic rings. The number of pyridine rings is 2. The van der Waals surface area contributed by atoms with E-state index in [1.807, 2.05) is 13.8 Å². The SMILES string of the molecule is CC.CO.Cc1c(F)cc2nc3c(c4c2c1CCC4CO)Cn1c-3cc2c(c1=O)COC(=O)[C@H]2O. The van der Waals surface area contributed by atoms with Crippen molar-refractivity contribution < 1.29 is 29.2 Å². The third-order valence-corrected chi connectivity index (χ3v) is 6.99. The maximum absolute atomic E-state index is 14.6. The van der Waals surface area contributed by atoms with Crippen molar-refractivity contribution in [2.24, 2.45) is 0 Å². The number of fused-ring (bicyclic) bond motifs is 5. The van der Waals surface area contributed by atoms with Crippen LogP contribution in [0.5, 0.6) is 0 Å². The standard InChI is InChI=1S/C23H19FN2O5.C2H6.CH4O/c1-9-11-3-2-10(7-27)18-13-6-26-17(20(13)25-16(19(11)18)5-15(9)24)4-12-14(22(26)29)8-31-23(30)21(12)28;2*1-2/h4-5,10,21,27-28H,2-3,6-8H2,1H3;1-2H3;2H,1H3/t10?,21-;;/m0../s1. The number of carbonyl (C=O) groups excluding carboxylic acids is 1. The maximum atomic E-state index is 14.6. The van der Waals surface area contributed by atoms with E-state index in [2.05, 4.69) is 0 Å². The van der Waals surface area contributed by atoms with E-state index in [4.69, 9.17) is 14.8 Å². The predicted molar refractivity (Wildman–Crippen MR) is 128 cm³/mol. The van der Waals surface area contributed by atoms with Gasteiger partial charge in [0.25, 0.3) is 5.56 Å². The van der Waals surface area contributed by atoms with Crippen LogP contribution in [0.15, 0.2) is 16.9 Å². The summed E-state index contributed by atoms with van der Waals surface area (Å²) in [4.78, 5) is 29.7. The molecule has 2 aromatic heterocycles. The first-order chi connectivity index (χ1) is 16.9. The van der Waals surface area contributed by atoms with Crippen molar-refractivity contribution in [2.45, 2.75) is 58.8 Å². The van der Waals surface area contributed by atoms with Gasteiger partial charge in [0, 0.05) is 42.2 Å². The number of carbonyl (C=O) groups is 1. The minimum Gasteiger partial charge on any atom is -0.458 e.